The van der Waals surface area contributed by atoms with Crippen molar-refractivity contribution in [3.05, 3.63) is 0 Å². The monoisotopic (exact) mass is 176 g/mol. The molecule has 2 nitrogen and oxygen atoms in total. The fourth-order valence-corrected chi connectivity index (χ4v) is 1.41. The molecule has 0 aromatic carbocycles. The van der Waals surface area contributed by atoms with Gasteiger partial charge in [0, 0.05) is 13.1 Å². The Morgan fingerprint density at radius 3 is 1.92 bits per heavy atom. The van der Waals surface area contributed by atoms with Crippen molar-refractivity contribution in [2.45, 2.75) is 26.1 Å². The second-order valence-corrected chi connectivity index (χ2v) is 3.27. The molecule has 0 saturated carbocycles. The first-order valence-corrected chi connectivity index (χ1v) is 4.60. The van der Waals surface area contributed by atoms with Crippen molar-refractivity contribution >= 4 is 0 Å². The van der Waals surface area contributed by atoms with Gasteiger partial charge in [-0.05, 0) is 21.1 Å². The van der Waals surface area contributed by atoms with E-state index in [1.54, 1.807) is 0 Å². The number of alkyl halides is 1. The van der Waals surface area contributed by atoms with Crippen LogP contribution in [0.3, 0.4) is 0 Å². The van der Waals surface area contributed by atoms with Crippen LogP contribution < -0.4 is 0 Å². The molecule has 12 heavy (non-hydrogen) atoms. The van der Waals surface area contributed by atoms with Gasteiger partial charge >= 0.3 is 0 Å². The Morgan fingerprint density at radius 2 is 1.75 bits per heavy atom. The Morgan fingerprint density at radius 1 is 1.25 bits per heavy atom. The number of likely N-dealkylation sites (tertiary alicyclic amines) is 1. The van der Waals surface area contributed by atoms with Crippen LogP contribution in [0.5, 0.6) is 0 Å². The maximum absolute atomic E-state index is 13.0. The molecule has 1 saturated heterocycles. The molecule has 1 rings (SSSR count). The van der Waals surface area contributed by atoms with Gasteiger partial charge in [-0.25, -0.2) is 4.39 Å². The number of hydrogen-bond acceptors (Lipinski definition) is 2. The van der Waals surface area contributed by atoms with Crippen molar-refractivity contribution in [2.24, 2.45) is 0 Å². The van der Waals surface area contributed by atoms with Gasteiger partial charge < -0.3 is 9.80 Å². The van der Waals surface area contributed by atoms with E-state index in [0.29, 0.717) is 6.54 Å². The Balaban J connectivity index is 0.000000561. The zero-order valence-corrected chi connectivity index (χ0v) is 8.84. The highest BCUT2D eigenvalue weighted by molar-refractivity contribution is 4.87. The fourth-order valence-electron chi connectivity index (χ4n) is 1.41. The summed E-state index contributed by atoms with van der Waals surface area (Å²) in [5, 5.41) is 0. The van der Waals surface area contributed by atoms with Crippen LogP contribution in [0, 0.1) is 0 Å². The molecule has 0 aromatic rings. The number of likely N-dealkylation sites (N-methyl/N-ethyl adjacent to an activating group) is 2. The average Bonchev–Trinajstić information content (AvgIpc) is 2.34. The minimum Gasteiger partial charge on any atom is -0.302 e. The zero-order chi connectivity index (χ0) is 9.72. The van der Waals surface area contributed by atoms with Gasteiger partial charge in [0.1, 0.15) is 6.17 Å². The first-order valence-electron chi connectivity index (χ1n) is 4.60. The zero-order valence-electron chi connectivity index (χ0n) is 8.84. The van der Waals surface area contributed by atoms with E-state index in [1.165, 1.54) is 0 Å². The summed E-state index contributed by atoms with van der Waals surface area (Å²) in [5.41, 5.74) is 0. The summed E-state index contributed by atoms with van der Waals surface area (Å²) >= 11 is 0. The van der Waals surface area contributed by atoms with E-state index in [-0.39, 0.29) is 6.04 Å². The summed E-state index contributed by atoms with van der Waals surface area (Å²) in [6.07, 6.45) is -0.667. The van der Waals surface area contributed by atoms with Gasteiger partial charge in [0.05, 0.1) is 6.04 Å². The molecular weight excluding hydrogens is 155 g/mol. The van der Waals surface area contributed by atoms with Crippen molar-refractivity contribution in [3.63, 3.8) is 0 Å². The third-order valence-corrected chi connectivity index (χ3v) is 2.07. The second kappa shape index (κ2) is 5.49. The molecule has 0 radical (unpaired) electrons. The van der Waals surface area contributed by atoms with E-state index in [1.807, 2.05) is 44.8 Å². The van der Waals surface area contributed by atoms with Crippen LogP contribution in [0.1, 0.15) is 13.8 Å². The predicted octanol–water partition coefficient (Wildman–Crippen LogP) is 1.23. The molecule has 1 fully saturated rings. The SMILES string of the molecule is CC.CN1CC(F)C(N(C)C)C1. The van der Waals surface area contributed by atoms with E-state index >= 15 is 0 Å². The lowest BCUT2D eigenvalue weighted by Gasteiger charge is -2.19. The molecule has 74 valence electrons. The highest BCUT2D eigenvalue weighted by Crippen LogP contribution is 2.14. The lowest BCUT2D eigenvalue weighted by atomic mass is 10.2. The number of nitrogens with zero attached hydrogens (tertiary/aromatic N) is 2. The lowest BCUT2D eigenvalue weighted by Crippen LogP contribution is -2.35. The summed E-state index contributed by atoms with van der Waals surface area (Å²) in [5.74, 6) is 0. The number of rotatable bonds is 1. The predicted molar refractivity (Wildman–Crippen MR) is 51.2 cm³/mol. The standard InChI is InChI=1S/C7H15FN2.C2H6/c1-9(2)7-5-10(3)4-6(7)8;1-2/h6-7H,4-5H2,1-3H3;1-2H3. The molecule has 3 heteroatoms. The largest absolute Gasteiger partial charge is 0.302 e. The van der Waals surface area contributed by atoms with Crippen molar-refractivity contribution in [3.8, 4) is 0 Å². The molecule has 1 heterocycles. The van der Waals surface area contributed by atoms with Crippen molar-refractivity contribution < 1.29 is 4.39 Å². The molecule has 0 N–H and O–H groups in total. The van der Waals surface area contributed by atoms with Crippen LogP contribution in [0.2, 0.25) is 0 Å². The van der Waals surface area contributed by atoms with Gasteiger partial charge in [-0.2, -0.15) is 0 Å². The molecule has 0 aromatic heterocycles. The fraction of sp³-hybridized carbons (Fsp3) is 1.00. The van der Waals surface area contributed by atoms with Crippen LogP contribution in [0.4, 0.5) is 4.39 Å². The molecular formula is C9H21FN2. The first-order chi connectivity index (χ1) is 5.61. The van der Waals surface area contributed by atoms with Crippen LogP contribution in [-0.2, 0) is 0 Å². The molecule has 1 aliphatic rings. The Labute approximate surface area is 75.3 Å². The van der Waals surface area contributed by atoms with Gasteiger partial charge in [0.2, 0.25) is 0 Å². The van der Waals surface area contributed by atoms with Crippen LogP contribution >= 0.6 is 0 Å². The first kappa shape index (κ1) is 11.8. The van der Waals surface area contributed by atoms with Crippen molar-refractivity contribution in [1.29, 1.82) is 0 Å². The molecule has 0 amide bonds. The van der Waals surface area contributed by atoms with Crippen LogP contribution in [-0.4, -0.2) is 56.2 Å². The normalized spacial score (nSPS) is 30.2. The Bertz CT molecular complexity index is 117. The lowest BCUT2D eigenvalue weighted by molar-refractivity contribution is 0.202. The minimum atomic E-state index is -0.667. The summed E-state index contributed by atoms with van der Waals surface area (Å²) in [6, 6.07) is 0.102. The molecule has 2 atom stereocenters. The Kier molecular flexibility index (Phi) is 5.42. The van der Waals surface area contributed by atoms with E-state index in [9.17, 15) is 4.39 Å². The van der Waals surface area contributed by atoms with Gasteiger partial charge in [-0.3, -0.25) is 0 Å². The molecule has 0 spiro atoms. The smallest absolute Gasteiger partial charge is 0.129 e. The average molecular weight is 176 g/mol. The van der Waals surface area contributed by atoms with Crippen molar-refractivity contribution in [2.75, 3.05) is 34.2 Å². The summed E-state index contributed by atoms with van der Waals surface area (Å²) < 4.78 is 13.0. The van der Waals surface area contributed by atoms with Crippen LogP contribution in [0.25, 0.3) is 0 Å². The van der Waals surface area contributed by atoms with Gasteiger partial charge in [0.15, 0.2) is 0 Å². The van der Waals surface area contributed by atoms with Crippen molar-refractivity contribution in [1.82, 2.24) is 9.80 Å². The minimum absolute atomic E-state index is 0.102. The molecule has 2 unspecified atom stereocenters. The van der Waals surface area contributed by atoms with Gasteiger partial charge in [-0.15, -0.1) is 0 Å². The third kappa shape index (κ3) is 3.07. The highest BCUT2D eigenvalue weighted by Gasteiger charge is 2.31. The van der Waals surface area contributed by atoms with E-state index in [4.69, 9.17) is 0 Å². The third-order valence-electron chi connectivity index (χ3n) is 2.07. The number of halogens is 1. The summed E-state index contributed by atoms with van der Waals surface area (Å²) in [4.78, 5) is 3.98. The molecule has 0 bridgehead atoms. The second-order valence-electron chi connectivity index (χ2n) is 3.27. The highest BCUT2D eigenvalue weighted by atomic mass is 19.1. The number of hydrogen-bond donors (Lipinski definition) is 0. The van der Waals surface area contributed by atoms with Gasteiger partial charge in [0.25, 0.3) is 0 Å². The topological polar surface area (TPSA) is 6.48 Å². The molecule has 1 aliphatic heterocycles. The molecule has 0 aliphatic carbocycles. The van der Waals surface area contributed by atoms with Gasteiger partial charge in [-0.1, -0.05) is 13.8 Å². The maximum Gasteiger partial charge on any atom is 0.129 e. The van der Waals surface area contributed by atoms with E-state index in [2.05, 4.69) is 0 Å². The van der Waals surface area contributed by atoms with E-state index in [0.717, 1.165) is 6.54 Å². The van der Waals surface area contributed by atoms with Crippen LogP contribution in [0.15, 0.2) is 0 Å². The summed E-state index contributed by atoms with van der Waals surface area (Å²) in [7, 11) is 5.81. The summed E-state index contributed by atoms with van der Waals surface area (Å²) in [6.45, 7) is 5.44. The van der Waals surface area contributed by atoms with E-state index < -0.39 is 6.17 Å². The Hall–Kier alpha value is -0.150. The maximum atomic E-state index is 13.0. The quantitative estimate of drug-likeness (QED) is 0.593.